The molecule has 1 heteroatoms. The lowest BCUT2D eigenvalue weighted by Gasteiger charge is -2.39. The smallest absolute Gasteiger partial charge is 0.0351 e. The van der Waals surface area contributed by atoms with Crippen LogP contribution in [0.1, 0.15) is 69.2 Å². The van der Waals surface area contributed by atoms with E-state index in [1.54, 1.807) is 0 Å². The molecule has 1 fully saturated rings. The van der Waals surface area contributed by atoms with Crippen molar-refractivity contribution in [3.05, 3.63) is 34.9 Å². The van der Waals surface area contributed by atoms with Crippen LogP contribution in [0.4, 0.5) is 0 Å². The van der Waals surface area contributed by atoms with Crippen LogP contribution in [0, 0.1) is 25.2 Å². The maximum Gasteiger partial charge on any atom is 0.0351 e. The van der Waals surface area contributed by atoms with Crippen LogP contribution in [0.25, 0.3) is 0 Å². The molecule has 0 aliphatic heterocycles. The maximum atomic E-state index is 3.76. The van der Waals surface area contributed by atoms with E-state index in [1.165, 1.54) is 42.4 Å². The molecular weight excluding hydrogens is 242 g/mol. The van der Waals surface area contributed by atoms with Gasteiger partial charge in [-0.15, -0.1) is 0 Å². The number of nitrogens with one attached hydrogen (secondary N) is 1. The molecule has 1 aromatic rings. The van der Waals surface area contributed by atoms with Crippen LogP contribution in [0.2, 0.25) is 0 Å². The van der Waals surface area contributed by atoms with Gasteiger partial charge >= 0.3 is 0 Å². The Kier molecular flexibility index (Phi) is 4.90. The molecule has 20 heavy (non-hydrogen) atoms. The highest BCUT2D eigenvalue weighted by Gasteiger charge is 2.32. The van der Waals surface area contributed by atoms with E-state index in [2.05, 4.69) is 58.1 Å². The van der Waals surface area contributed by atoms with E-state index in [-0.39, 0.29) is 0 Å². The molecule has 0 spiro atoms. The predicted octanol–water partition coefficient (Wildman–Crippen LogP) is 5.17. The average molecular weight is 273 g/mol. The highest BCUT2D eigenvalue weighted by Crippen LogP contribution is 2.43. The molecule has 0 bridgehead atoms. The van der Waals surface area contributed by atoms with E-state index >= 15 is 0 Å². The van der Waals surface area contributed by atoms with Gasteiger partial charge in [-0.2, -0.15) is 0 Å². The van der Waals surface area contributed by atoms with Crippen molar-refractivity contribution < 1.29 is 0 Å². The van der Waals surface area contributed by atoms with Gasteiger partial charge in [0.15, 0.2) is 0 Å². The van der Waals surface area contributed by atoms with Gasteiger partial charge in [-0.05, 0) is 68.5 Å². The van der Waals surface area contributed by atoms with Gasteiger partial charge in [0.1, 0.15) is 0 Å². The Morgan fingerprint density at radius 1 is 1.20 bits per heavy atom. The molecule has 2 rings (SSSR count). The topological polar surface area (TPSA) is 12.0 Å². The Morgan fingerprint density at radius 3 is 2.45 bits per heavy atom. The number of hydrogen-bond donors (Lipinski definition) is 1. The molecule has 1 saturated carbocycles. The number of benzene rings is 1. The van der Waals surface area contributed by atoms with Crippen molar-refractivity contribution in [3.63, 3.8) is 0 Å². The van der Waals surface area contributed by atoms with E-state index in [9.17, 15) is 0 Å². The standard InChI is InChI=1S/C19H31N/c1-6-20-18(16-9-11-19(4,5)12-10-16)17-13-14(2)7-8-15(17)3/h7-8,13,16,18,20H,6,9-12H2,1-5H3. The van der Waals surface area contributed by atoms with E-state index in [0.29, 0.717) is 11.5 Å². The van der Waals surface area contributed by atoms with E-state index in [1.807, 2.05) is 0 Å². The maximum absolute atomic E-state index is 3.76. The van der Waals surface area contributed by atoms with Crippen molar-refractivity contribution in [1.82, 2.24) is 5.32 Å². The first-order chi connectivity index (χ1) is 9.43. The number of aryl methyl sites for hydroxylation is 2. The molecule has 1 unspecified atom stereocenters. The predicted molar refractivity (Wildman–Crippen MR) is 88.1 cm³/mol. The Labute approximate surface area is 125 Å². The molecule has 0 saturated heterocycles. The SMILES string of the molecule is CCNC(c1cc(C)ccc1C)C1CCC(C)(C)CC1. The lowest BCUT2D eigenvalue weighted by molar-refractivity contribution is 0.162. The largest absolute Gasteiger partial charge is 0.310 e. The molecule has 1 atom stereocenters. The van der Waals surface area contributed by atoms with Gasteiger partial charge in [0.05, 0.1) is 0 Å². The first-order valence-electron chi connectivity index (χ1n) is 8.23. The highest BCUT2D eigenvalue weighted by atomic mass is 14.9. The summed E-state index contributed by atoms with van der Waals surface area (Å²) in [5.74, 6) is 0.795. The zero-order valence-corrected chi connectivity index (χ0v) is 13.9. The summed E-state index contributed by atoms with van der Waals surface area (Å²) in [6.45, 7) is 12.6. The van der Waals surface area contributed by atoms with Crippen molar-refractivity contribution in [3.8, 4) is 0 Å². The molecule has 1 nitrogen and oxygen atoms in total. The fourth-order valence-corrected chi connectivity index (χ4v) is 3.60. The molecule has 0 aromatic heterocycles. The third kappa shape index (κ3) is 3.63. The number of rotatable bonds is 4. The summed E-state index contributed by atoms with van der Waals surface area (Å²) in [5.41, 5.74) is 4.89. The minimum absolute atomic E-state index is 0.538. The van der Waals surface area contributed by atoms with E-state index in [0.717, 1.165) is 12.5 Å². The molecule has 1 aliphatic rings. The molecule has 0 amide bonds. The Balaban J connectivity index is 2.21. The van der Waals surface area contributed by atoms with Gasteiger partial charge in [-0.25, -0.2) is 0 Å². The summed E-state index contributed by atoms with van der Waals surface area (Å²) in [7, 11) is 0. The van der Waals surface area contributed by atoms with Gasteiger partial charge in [0, 0.05) is 6.04 Å². The molecular formula is C19H31N. The van der Waals surface area contributed by atoms with Crippen LogP contribution in [0.3, 0.4) is 0 Å². The lowest BCUT2D eigenvalue weighted by Crippen LogP contribution is -2.33. The van der Waals surface area contributed by atoms with Crippen molar-refractivity contribution in [2.24, 2.45) is 11.3 Å². The summed E-state index contributed by atoms with van der Waals surface area (Å²) >= 11 is 0. The molecule has 1 N–H and O–H groups in total. The number of hydrogen-bond acceptors (Lipinski definition) is 1. The summed E-state index contributed by atoms with van der Waals surface area (Å²) in [6.07, 6.45) is 5.45. The second kappa shape index (κ2) is 6.30. The van der Waals surface area contributed by atoms with Gasteiger partial charge in [0.25, 0.3) is 0 Å². The van der Waals surface area contributed by atoms with E-state index < -0.39 is 0 Å². The van der Waals surface area contributed by atoms with Crippen LogP contribution in [0.5, 0.6) is 0 Å². The molecule has 112 valence electrons. The minimum atomic E-state index is 0.538. The van der Waals surface area contributed by atoms with Crippen LogP contribution in [-0.4, -0.2) is 6.54 Å². The first-order valence-corrected chi connectivity index (χ1v) is 8.23. The minimum Gasteiger partial charge on any atom is -0.310 e. The zero-order valence-electron chi connectivity index (χ0n) is 13.9. The third-order valence-electron chi connectivity index (χ3n) is 5.05. The van der Waals surface area contributed by atoms with Crippen LogP contribution in [-0.2, 0) is 0 Å². The lowest BCUT2D eigenvalue weighted by atomic mass is 9.70. The highest BCUT2D eigenvalue weighted by molar-refractivity contribution is 5.33. The first kappa shape index (κ1) is 15.6. The fourth-order valence-electron chi connectivity index (χ4n) is 3.60. The Bertz CT molecular complexity index is 437. The van der Waals surface area contributed by atoms with Crippen LogP contribution >= 0.6 is 0 Å². The Hall–Kier alpha value is -0.820. The van der Waals surface area contributed by atoms with Gasteiger partial charge in [-0.3, -0.25) is 0 Å². The molecule has 1 aliphatic carbocycles. The van der Waals surface area contributed by atoms with Crippen LogP contribution in [0.15, 0.2) is 18.2 Å². The van der Waals surface area contributed by atoms with Crippen molar-refractivity contribution in [2.75, 3.05) is 6.54 Å². The molecule has 0 radical (unpaired) electrons. The van der Waals surface area contributed by atoms with Crippen LogP contribution < -0.4 is 5.32 Å². The average Bonchev–Trinajstić information content (AvgIpc) is 2.40. The second-order valence-corrected chi connectivity index (χ2v) is 7.40. The summed E-state index contributed by atoms with van der Waals surface area (Å²) < 4.78 is 0. The fraction of sp³-hybridized carbons (Fsp3) is 0.684. The third-order valence-corrected chi connectivity index (χ3v) is 5.05. The van der Waals surface area contributed by atoms with Crippen molar-refractivity contribution >= 4 is 0 Å². The molecule has 0 heterocycles. The summed E-state index contributed by atoms with van der Waals surface area (Å²) in [4.78, 5) is 0. The van der Waals surface area contributed by atoms with Gasteiger partial charge < -0.3 is 5.32 Å². The second-order valence-electron chi connectivity index (χ2n) is 7.40. The van der Waals surface area contributed by atoms with Crippen molar-refractivity contribution in [1.29, 1.82) is 0 Å². The van der Waals surface area contributed by atoms with E-state index in [4.69, 9.17) is 0 Å². The zero-order chi connectivity index (χ0) is 14.8. The molecule has 1 aromatic carbocycles. The summed E-state index contributed by atoms with van der Waals surface area (Å²) in [5, 5.41) is 3.76. The summed E-state index contributed by atoms with van der Waals surface area (Å²) in [6, 6.07) is 7.44. The monoisotopic (exact) mass is 273 g/mol. The Morgan fingerprint density at radius 2 is 1.85 bits per heavy atom. The normalized spacial score (nSPS) is 20.9. The quantitative estimate of drug-likeness (QED) is 0.798. The van der Waals surface area contributed by atoms with Gasteiger partial charge in [-0.1, -0.05) is 44.5 Å². The van der Waals surface area contributed by atoms with Crippen molar-refractivity contribution in [2.45, 2.75) is 66.3 Å². The van der Waals surface area contributed by atoms with Gasteiger partial charge in [0.2, 0.25) is 0 Å².